The van der Waals surface area contributed by atoms with Crippen LogP contribution in [0, 0.1) is 0 Å². The number of nitrogens with two attached hydrogens (primary N) is 1. The van der Waals surface area contributed by atoms with Crippen LogP contribution in [0.4, 0.5) is 11.4 Å². The quantitative estimate of drug-likeness (QED) is 0.316. The van der Waals surface area contributed by atoms with Gasteiger partial charge < -0.3 is 15.2 Å². The number of nitrogens with zero attached hydrogens (tertiary/aromatic N) is 1. The average molecular weight is 388 g/mol. The van der Waals surface area contributed by atoms with Gasteiger partial charge in [-0.05, 0) is 54.6 Å². The Hall–Kier alpha value is -4.13. The summed E-state index contributed by atoms with van der Waals surface area (Å²) < 4.78 is 10.7. The van der Waals surface area contributed by atoms with Crippen LogP contribution in [-0.4, -0.2) is 17.8 Å². The number of hydrogen-bond acceptors (Lipinski definition) is 6. The fraction of sp³-hybridized carbons (Fsp3) is 0.0455. The first-order valence-corrected chi connectivity index (χ1v) is 8.77. The van der Waals surface area contributed by atoms with Gasteiger partial charge in [0.15, 0.2) is 0 Å². The van der Waals surface area contributed by atoms with E-state index in [1.807, 2.05) is 0 Å². The van der Waals surface area contributed by atoms with Crippen molar-refractivity contribution < 1.29 is 23.9 Å². The predicted octanol–water partition coefficient (Wildman–Crippen LogP) is 3.79. The summed E-state index contributed by atoms with van der Waals surface area (Å²) in [5.74, 6) is -0.0620. The summed E-state index contributed by atoms with van der Waals surface area (Å²) >= 11 is 0. The molecule has 0 saturated heterocycles. The number of hydrogen-bond donors (Lipinski definition) is 1. The molecule has 0 aromatic heterocycles. The van der Waals surface area contributed by atoms with Crippen LogP contribution >= 0.6 is 0 Å². The van der Waals surface area contributed by atoms with Crippen molar-refractivity contribution in [2.24, 2.45) is 0 Å². The number of benzene rings is 3. The molecule has 0 fully saturated rings. The zero-order valence-corrected chi connectivity index (χ0v) is 15.4. The molecule has 7 heteroatoms. The molecule has 2 N–H and O–H groups in total. The van der Waals surface area contributed by atoms with Gasteiger partial charge in [0.1, 0.15) is 17.2 Å². The number of imide groups is 1. The minimum Gasteiger partial charge on any atom is -0.457 e. The first-order valence-electron chi connectivity index (χ1n) is 8.77. The lowest BCUT2D eigenvalue weighted by Gasteiger charge is -2.14. The molecule has 0 spiro atoms. The molecule has 0 saturated carbocycles. The van der Waals surface area contributed by atoms with E-state index in [9.17, 15) is 14.4 Å². The number of carbonyl (C=O) groups excluding carboxylic acids is 3. The highest BCUT2D eigenvalue weighted by molar-refractivity contribution is 6.34. The van der Waals surface area contributed by atoms with Crippen molar-refractivity contribution in [2.75, 3.05) is 10.6 Å². The largest absolute Gasteiger partial charge is 0.457 e. The summed E-state index contributed by atoms with van der Waals surface area (Å²) in [5.41, 5.74) is 7.22. The first kappa shape index (κ1) is 18.2. The molecular formula is C22H16N2O5. The molecular weight excluding hydrogens is 372 g/mol. The van der Waals surface area contributed by atoms with Gasteiger partial charge in [0.2, 0.25) is 0 Å². The minimum atomic E-state index is -0.455. The third kappa shape index (κ3) is 3.53. The Bertz CT molecular complexity index is 1140. The van der Waals surface area contributed by atoms with E-state index >= 15 is 0 Å². The Morgan fingerprint density at radius 3 is 2.17 bits per heavy atom. The molecule has 0 radical (unpaired) electrons. The summed E-state index contributed by atoms with van der Waals surface area (Å²) in [6.45, 7) is 1.29. The van der Waals surface area contributed by atoms with Gasteiger partial charge in [0.05, 0.1) is 16.8 Å². The van der Waals surface area contributed by atoms with Gasteiger partial charge >= 0.3 is 5.97 Å². The van der Waals surface area contributed by atoms with Crippen molar-refractivity contribution in [1.29, 1.82) is 0 Å². The Kier molecular flexibility index (Phi) is 4.48. The lowest BCUT2D eigenvalue weighted by Crippen LogP contribution is -2.29. The monoisotopic (exact) mass is 388 g/mol. The number of rotatable bonds is 4. The highest BCUT2D eigenvalue weighted by atomic mass is 16.5. The Morgan fingerprint density at radius 2 is 1.48 bits per heavy atom. The fourth-order valence-corrected chi connectivity index (χ4v) is 3.06. The zero-order chi connectivity index (χ0) is 20.5. The van der Waals surface area contributed by atoms with Gasteiger partial charge in [-0.1, -0.05) is 6.07 Å². The van der Waals surface area contributed by atoms with Gasteiger partial charge in [0, 0.05) is 18.7 Å². The number of amides is 2. The SMILES string of the molecule is CC(=O)Oc1ccc(N2C(=O)c3ccc(Oc4cccc(N)c4)cc3C2=O)cc1. The number of carbonyl (C=O) groups is 3. The van der Waals surface area contributed by atoms with Crippen molar-refractivity contribution >= 4 is 29.2 Å². The Balaban J connectivity index is 1.60. The number of fused-ring (bicyclic) bond motifs is 1. The predicted molar refractivity (Wildman–Crippen MR) is 106 cm³/mol. The van der Waals surface area contributed by atoms with Crippen LogP contribution in [0.1, 0.15) is 27.6 Å². The molecule has 2 amide bonds. The third-order valence-electron chi connectivity index (χ3n) is 4.31. The van der Waals surface area contributed by atoms with Gasteiger partial charge in [0.25, 0.3) is 11.8 Å². The average Bonchev–Trinajstić information content (AvgIpc) is 2.92. The maximum absolute atomic E-state index is 12.9. The van der Waals surface area contributed by atoms with Crippen molar-refractivity contribution in [3.8, 4) is 17.2 Å². The highest BCUT2D eigenvalue weighted by Gasteiger charge is 2.37. The van der Waals surface area contributed by atoms with Crippen LogP contribution in [0.5, 0.6) is 17.2 Å². The number of esters is 1. The van der Waals surface area contributed by atoms with E-state index in [0.29, 0.717) is 34.2 Å². The molecule has 4 rings (SSSR count). The molecule has 1 heterocycles. The summed E-state index contributed by atoms with van der Waals surface area (Å²) in [5, 5.41) is 0. The van der Waals surface area contributed by atoms with Crippen LogP contribution in [0.3, 0.4) is 0 Å². The van der Waals surface area contributed by atoms with Crippen molar-refractivity contribution in [1.82, 2.24) is 0 Å². The van der Waals surface area contributed by atoms with E-state index in [0.717, 1.165) is 4.90 Å². The zero-order valence-electron chi connectivity index (χ0n) is 15.4. The van der Waals surface area contributed by atoms with Crippen LogP contribution in [-0.2, 0) is 4.79 Å². The molecule has 144 valence electrons. The van der Waals surface area contributed by atoms with Crippen LogP contribution in [0.25, 0.3) is 0 Å². The first-order chi connectivity index (χ1) is 13.9. The van der Waals surface area contributed by atoms with Crippen molar-refractivity contribution in [2.45, 2.75) is 6.92 Å². The van der Waals surface area contributed by atoms with Crippen molar-refractivity contribution in [3.05, 3.63) is 77.9 Å². The molecule has 0 aliphatic carbocycles. The number of nitrogen functional groups attached to an aromatic ring is 1. The van der Waals surface area contributed by atoms with Crippen LogP contribution in [0.2, 0.25) is 0 Å². The smallest absolute Gasteiger partial charge is 0.308 e. The van der Waals surface area contributed by atoms with E-state index in [2.05, 4.69) is 0 Å². The molecule has 3 aromatic rings. The van der Waals surface area contributed by atoms with E-state index in [1.54, 1.807) is 48.5 Å². The second-order valence-corrected chi connectivity index (χ2v) is 6.42. The second-order valence-electron chi connectivity index (χ2n) is 6.42. The summed E-state index contributed by atoms with van der Waals surface area (Å²) in [4.78, 5) is 37.7. The lowest BCUT2D eigenvalue weighted by atomic mass is 10.1. The maximum atomic E-state index is 12.9. The minimum absolute atomic E-state index is 0.250. The normalized spacial score (nSPS) is 12.7. The third-order valence-corrected chi connectivity index (χ3v) is 4.31. The van der Waals surface area contributed by atoms with Crippen LogP contribution < -0.4 is 20.1 Å². The molecule has 0 unspecified atom stereocenters. The molecule has 0 atom stereocenters. The molecule has 3 aromatic carbocycles. The molecule has 7 nitrogen and oxygen atoms in total. The summed E-state index contributed by atoms with van der Waals surface area (Å²) in [6, 6.07) is 17.8. The highest BCUT2D eigenvalue weighted by Crippen LogP contribution is 2.33. The summed E-state index contributed by atoms with van der Waals surface area (Å²) in [7, 11) is 0. The van der Waals surface area contributed by atoms with E-state index < -0.39 is 17.8 Å². The Morgan fingerprint density at radius 1 is 0.828 bits per heavy atom. The molecule has 1 aliphatic rings. The fourth-order valence-electron chi connectivity index (χ4n) is 3.06. The van der Waals surface area contributed by atoms with Gasteiger partial charge in [-0.3, -0.25) is 14.4 Å². The molecule has 1 aliphatic heterocycles. The molecule has 29 heavy (non-hydrogen) atoms. The molecule has 0 bridgehead atoms. The van der Waals surface area contributed by atoms with E-state index in [1.165, 1.54) is 25.1 Å². The maximum Gasteiger partial charge on any atom is 0.308 e. The summed E-state index contributed by atoms with van der Waals surface area (Å²) in [6.07, 6.45) is 0. The van der Waals surface area contributed by atoms with E-state index in [4.69, 9.17) is 15.2 Å². The number of anilines is 2. The van der Waals surface area contributed by atoms with Gasteiger partial charge in [-0.15, -0.1) is 0 Å². The van der Waals surface area contributed by atoms with Crippen LogP contribution in [0.15, 0.2) is 66.7 Å². The van der Waals surface area contributed by atoms with Gasteiger partial charge in [-0.25, -0.2) is 4.90 Å². The standard InChI is InChI=1S/C22H16N2O5/c1-13(25)28-16-7-5-15(6-8-16)24-21(26)19-10-9-18(12-20(19)22(24)27)29-17-4-2-3-14(23)11-17/h2-12H,23H2,1H3. The number of ether oxygens (including phenoxy) is 2. The Labute approximate surface area is 166 Å². The van der Waals surface area contributed by atoms with Gasteiger partial charge in [-0.2, -0.15) is 0 Å². The van der Waals surface area contributed by atoms with Crippen molar-refractivity contribution in [3.63, 3.8) is 0 Å². The lowest BCUT2D eigenvalue weighted by molar-refractivity contribution is -0.131. The topological polar surface area (TPSA) is 98.9 Å². The second kappa shape index (κ2) is 7.12. The van der Waals surface area contributed by atoms with E-state index in [-0.39, 0.29) is 5.56 Å².